The van der Waals surface area contributed by atoms with Gasteiger partial charge in [-0.05, 0) is 6.92 Å². The van der Waals surface area contributed by atoms with Gasteiger partial charge in [-0.1, -0.05) is 12.2 Å². The highest BCUT2D eigenvalue weighted by Crippen LogP contribution is 2.27. The van der Waals surface area contributed by atoms with Crippen molar-refractivity contribution in [2.45, 2.75) is 18.5 Å². The highest BCUT2D eigenvalue weighted by Gasteiger charge is 2.60. The van der Waals surface area contributed by atoms with Gasteiger partial charge < -0.3 is 11.5 Å². The van der Waals surface area contributed by atoms with E-state index in [1.54, 1.807) is 19.1 Å². The van der Waals surface area contributed by atoms with E-state index in [0.29, 0.717) is 0 Å². The Morgan fingerprint density at radius 2 is 2.08 bits per heavy atom. The molecule has 1 fully saturated rings. The first-order valence-electron chi connectivity index (χ1n) is 3.55. The fourth-order valence-electron chi connectivity index (χ4n) is 1.20. The molecule has 0 saturated carbocycles. The standard InChI is InChI=1S/C7H11N3O2/c1-2-3-7(6(9)12)4(10-7)5(8)11/h2-4,10H,1H3,(H2,8,11)(H2,9,12)/b3-2+. The fourth-order valence-corrected chi connectivity index (χ4v) is 1.20. The lowest BCUT2D eigenvalue weighted by Gasteiger charge is -2.01. The molecule has 5 nitrogen and oxygen atoms in total. The van der Waals surface area contributed by atoms with E-state index in [2.05, 4.69) is 5.32 Å². The Morgan fingerprint density at radius 3 is 2.33 bits per heavy atom. The van der Waals surface area contributed by atoms with Gasteiger partial charge in [-0.15, -0.1) is 0 Å². The van der Waals surface area contributed by atoms with Gasteiger partial charge in [-0.25, -0.2) is 0 Å². The molecule has 0 aliphatic carbocycles. The molecule has 1 heterocycles. The van der Waals surface area contributed by atoms with E-state index < -0.39 is 23.4 Å². The third-order valence-electron chi connectivity index (χ3n) is 1.88. The van der Waals surface area contributed by atoms with Gasteiger partial charge in [0.1, 0.15) is 11.6 Å². The average molecular weight is 169 g/mol. The zero-order valence-electron chi connectivity index (χ0n) is 6.70. The van der Waals surface area contributed by atoms with Crippen molar-refractivity contribution in [1.29, 1.82) is 0 Å². The summed E-state index contributed by atoms with van der Waals surface area (Å²) in [6.07, 6.45) is 3.20. The maximum Gasteiger partial charge on any atom is 0.243 e. The molecule has 0 aromatic carbocycles. The lowest BCUT2D eigenvalue weighted by molar-refractivity contribution is -0.122. The summed E-state index contributed by atoms with van der Waals surface area (Å²) < 4.78 is 0. The van der Waals surface area contributed by atoms with Gasteiger partial charge in [0.2, 0.25) is 11.8 Å². The smallest absolute Gasteiger partial charge is 0.243 e. The summed E-state index contributed by atoms with van der Waals surface area (Å²) in [4.78, 5) is 21.6. The largest absolute Gasteiger partial charge is 0.368 e. The maximum atomic E-state index is 10.9. The first-order valence-corrected chi connectivity index (χ1v) is 3.55. The van der Waals surface area contributed by atoms with Gasteiger partial charge in [0.15, 0.2) is 0 Å². The third kappa shape index (κ3) is 1.08. The molecule has 5 N–H and O–H groups in total. The van der Waals surface area contributed by atoms with Crippen LogP contribution in [0.25, 0.3) is 0 Å². The Morgan fingerprint density at radius 1 is 1.50 bits per heavy atom. The summed E-state index contributed by atoms with van der Waals surface area (Å²) in [6, 6.07) is -0.647. The van der Waals surface area contributed by atoms with Crippen molar-refractivity contribution in [3.8, 4) is 0 Å². The molecule has 2 unspecified atom stereocenters. The molecule has 1 saturated heterocycles. The molecule has 0 radical (unpaired) electrons. The predicted molar refractivity (Wildman–Crippen MR) is 42.9 cm³/mol. The summed E-state index contributed by atoms with van der Waals surface area (Å²) in [5, 5.41) is 2.65. The molecule has 5 heteroatoms. The SMILES string of the molecule is C/C=C/C1(C(N)=O)NC1C(N)=O. The van der Waals surface area contributed by atoms with Crippen molar-refractivity contribution in [2.24, 2.45) is 11.5 Å². The van der Waals surface area contributed by atoms with E-state index in [-0.39, 0.29) is 0 Å². The normalized spacial score (nSPS) is 33.6. The zero-order chi connectivity index (χ0) is 9.35. The van der Waals surface area contributed by atoms with Gasteiger partial charge in [0.05, 0.1) is 0 Å². The second-order valence-electron chi connectivity index (χ2n) is 2.71. The number of carbonyl (C=O) groups excluding carboxylic acids is 2. The van der Waals surface area contributed by atoms with Crippen molar-refractivity contribution in [1.82, 2.24) is 5.32 Å². The van der Waals surface area contributed by atoms with Crippen molar-refractivity contribution in [3.05, 3.63) is 12.2 Å². The number of nitrogens with one attached hydrogen (secondary N) is 1. The number of amides is 2. The molecule has 0 aromatic heterocycles. The Hall–Kier alpha value is -1.36. The van der Waals surface area contributed by atoms with Crippen LogP contribution in [0.1, 0.15) is 6.92 Å². The van der Waals surface area contributed by atoms with Crippen LogP contribution in [0.5, 0.6) is 0 Å². The molecule has 2 atom stereocenters. The van der Waals surface area contributed by atoms with Crippen LogP contribution in [0.3, 0.4) is 0 Å². The quantitative estimate of drug-likeness (QED) is 0.344. The summed E-state index contributed by atoms with van der Waals surface area (Å²) in [6.45, 7) is 1.74. The highest BCUT2D eigenvalue weighted by atomic mass is 16.2. The Labute approximate surface area is 69.8 Å². The van der Waals surface area contributed by atoms with Gasteiger partial charge in [0, 0.05) is 0 Å². The molecular formula is C7H11N3O2. The number of carbonyl (C=O) groups is 2. The van der Waals surface area contributed by atoms with Crippen LogP contribution < -0.4 is 16.8 Å². The second kappa shape index (κ2) is 2.60. The molecule has 2 amide bonds. The van der Waals surface area contributed by atoms with E-state index in [1.165, 1.54) is 0 Å². The second-order valence-corrected chi connectivity index (χ2v) is 2.71. The van der Waals surface area contributed by atoms with Crippen LogP contribution in [0.2, 0.25) is 0 Å². The van der Waals surface area contributed by atoms with Crippen LogP contribution in [0.15, 0.2) is 12.2 Å². The number of primary amides is 2. The first kappa shape index (κ1) is 8.73. The lowest BCUT2D eigenvalue weighted by atomic mass is 10.0. The van der Waals surface area contributed by atoms with Crippen LogP contribution in [0.4, 0.5) is 0 Å². The van der Waals surface area contributed by atoms with Crippen molar-refractivity contribution in [2.75, 3.05) is 0 Å². The summed E-state index contributed by atoms with van der Waals surface area (Å²) >= 11 is 0. The Balaban J connectivity index is 2.82. The third-order valence-corrected chi connectivity index (χ3v) is 1.88. The fraction of sp³-hybridized carbons (Fsp3) is 0.429. The monoisotopic (exact) mass is 169 g/mol. The molecular weight excluding hydrogens is 158 g/mol. The maximum absolute atomic E-state index is 10.9. The first-order chi connectivity index (χ1) is 5.54. The van der Waals surface area contributed by atoms with E-state index in [4.69, 9.17) is 11.5 Å². The molecule has 1 aliphatic heterocycles. The summed E-state index contributed by atoms with van der Waals surface area (Å²) in [5.41, 5.74) is 9.06. The van der Waals surface area contributed by atoms with Gasteiger partial charge in [-0.3, -0.25) is 14.9 Å². The number of hydrogen-bond donors (Lipinski definition) is 3. The summed E-state index contributed by atoms with van der Waals surface area (Å²) in [7, 11) is 0. The van der Waals surface area contributed by atoms with E-state index >= 15 is 0 Å². The molecule has 66 valence electrons. The minimum absolute atomic E-state index is 0.563. The lowest BCUT2D eigenvalue weighted by Crippen LogP contribution is -2.37. The number of nitrogens with two attached hydrogens (primary N) is 2. The van der Waals surface area contributed by atoms with Crippen molar-refractivity contribution < 1.29 is 9.59 Å². The Bertz CT molecular complexity index is 261. The predicted octanol–water partition coefficient (Wildman–Crippen LogP) is -1.76. The summed E-state index contributed by atoms with van der Waals surface area (Å²) in [5.74, 6) is -1.14. The van der Waals surface area contributed by atoms with E-state index in [1.807, 2.05) is 0 Å². The number of hydrogen-bond acceptors (Lipinski definition) is 3. The van der Waals surface area contributed by atoms with Crippen LogP contribution in [0, 0.1) is 0 Å². The number of rotatable bonds is 3. The van der Waals surface area contributed by atoms with E-state index in [9.17, 15) is 9.59 Å². The minimum atomic E-state index is -1.03. The topological polar surface area (TPSA) is 108 Å². The molecule has 1 rings (SSSR count). The van der Waals surface area contributed by atoms with Crippen molar-refractivity contribution in [3.63, 3.8) is 0 Å². The average Bonchev–Trinajstić information content (AvgIpc) is 2.65. The van der Waals surface area contributed by atoms with Crippen LogP contribution >= 0.6 is 0 Å². The number of allylic oxidation sites excluding steroid dienone is 1. The van der Waals surface area contributed by atoms with E-state index in [0.717, 1.165) is 0 Å². The van der Waals surface area contributed by atoms with Crippen LogP contribution in [-0.2, 0) is 9.59 Å². The molecule has 1 aliphatic rings. The molecule has 0 spiro atoms. The van der Waals surface area contributed by atoms with Crippen LogP contribution in [-0.4, -0.2) is 23.4 Å². The minimum Gasteiger partial charge on any atom is -0.368 e. The zero-order valence-corrected chi connectivity index (χ0v) is 6.70. The highest BCUT2D eigenvalue weighted by molar-refractivity contribution is 6.02. The molecule has 0 bridgehead atoms. The van der Waals surface area contributed by atoms with Gasteiger partial charge >= 0.3 is 0 Å². The van der Waals surface area contributed by atoms with Gasteiger partial charge in [-0.2, -0.15) is 0 Å². The van der Waals surface area contributed by atoms with Gasteiger partial charge in [0.25, 0.3) is 0 Å². The van der Waals surface area contributed by atoms with Crippen molar-refractivity contribution >= 4 is 11.8 Å². The molecule has 12 heavy (non-hydrogen) atoms. The molecule has 0 aromatic rings. The Kier molecular flexibility index (Phi) is 1.89.